The molecule has 1 aromatic heterocycles. The Labute approximate surface area is 106 Å². The highest BCUT2D eigenvalue weighted by Gasteiger charge is 2.21. The number of rotatable bonds is 7. The predicted molar refractivity (Wildman–Crippen MR) is 64.8 cm³/mol. The predicted octanol–water partition coefficient (Wildman–Crippen LogP) is -0.707. The zero-order chi connectivity index (χ0) is 12.8. The minimum Gasteiger partial charge on any atom is -0.383 e. The maximum Gasteiger partial charge on any atom is 0.220 e. The third-order valence-electron chi connectivity index (χ3n) is 2.87. The van der Waals surface area contributed by atoms with Gasteiger partial charge in [0.2, 0.25) is 5.91 Å². The molecule has 18 heavy (non-hydrogen) atoms. The Balaban J connectivity index is 1.73. The number of hydrogen-bond donors (Lipinski definition) is 2. The number of aromatic nitrogens is 3. The van der Waals surface area contributed by atoms with E-state index in [1.165, 1.54) is 0 Å². The first kappa shape index (κ1) is 13.0. The monoisotopic (exact) mass is 253 g/mol. The second kappa shape index (κ2) is 6.46. The molecule has 1 aromatic rings. The Hall–Kier alpha value is -1.47. The average molecular weight is 253 g/mol. The van der Waals surface area contributed by atoms with E-state index in [1.54, 1.807) is 11.8 Å². The van der Waals surface area contributed by atoms with Crippen molar-refractivity contribution in [1.82, 2.24) is 25.6 Å². The van der Waals surface area contributed by atoms with Gasteiger partial charge in [0.1, 0.15) is 0 Å². The molecular formula is C11H19N5O2. The molecule has 1 aliphatic heterocycles. The first-order valence-electron chi connectivity index (χ1n) is 6.16. The molecule has 0 aromatic carbocycles. The van der Waals surface area contributed by atoms with Crippen molar-refractivity contribution in [2.24, 2.45) is 0 Å². The highest BCUT2D eigenvalue weighted by molar-refractivity contribution is 5.78. The molecule has 0 bridgehead atoms. The zero-order valence-electron chi connectivity index (χ0n) is 10.6. The van der Waals surface area contributed by atoms with Gasteiger partial charge in [-0.15, -0.1) is 5.10 Å². The number of methoxy groups -OCH3 is 1. The van der Waals surface area contributed by atoms with Crippen LogP contribution in [0.3, 0.4) is 0 Å². The summed E-state index contributed by atoms with van der Waals surface area (Å²) < 4.78 is 6.72. The number of nitrogens with one attached hydrogen (secondary N) is 2. The van der Waals surface area contributed by atoms with Crippen LogP contribution in [0.5, 0.6) is 0 Å². The fourth-order valence-corrected chi connectivity index (χ4v) is 1.94. The lowest BCUT2D eigenvalue weighted by Crippen LogP contribution is -2.29. The SMILES string of the molecule is COCCNCc1cn(CC2CCC(=O)N2)nn1. The van der Waals surface area contributed by atoms with E-state index in [-0.39, 0.29) is 11.9 Å². The Kier molecular flexibility index (Phi) is 4.66. The van der Waals surface area contributed by atoms with Crippen molar-refractivity contribution in [2.45, 2.75) is 32.0 Å². The molecule has 7 nitrogen and oxygen atoms in total. The third kappa shape index (κ3) is 3.78. The highest BCUT2D eigenvalue weighted by Crippen LogP contribution is 2.08. The molecule has 1 saturated heterocycles. The first-order valence-corrected chi connectivity index (χ1v) is 6.16. The summed E-state index contributed by atoms with van der Waals surface area (Å²) in [5.74, 6) is 0.126. The van der Waals surface area contributed by atoms with Crippen LogP contribution in [-0.4, -0.2) is 47.2 Å². The van der Waals surface area contributed by atoms with Crippen LogP contribution in [0.4, 0.5) is 0 Å². The van der Waals surface area contributed by atoms with E-state index in [0.29, 0.717) is 26.1 Å². The van der Waals surface area contributed by atoms with Gasteiger partial charge >= 0.3 is 0 Å². The number of carbonyl (C=O) groups excluding carboxylic acids is 1. The van der Waals surface area contributed by atoms with E-state index in [4.69, 9.17) is 4.74 Å². The number of amides is 1. The van der Waals surface area contributed by atoms with E-state index in [1.807, 2.05) is 6.20 Å². The minimum absolute atomic E-state index is 0.126. The van der Waals surface area contributed by atoms with Gasteiger partial charge in [-0.25, -0.2) is 0 Å². The summed E-state index contributed by atoms with van der Waals surface area (Å²) in [5.41, 5.74) is 0.899. The van der Waals surface area contributed by atoms with Gasteiger partial charge in [0.15, 0.2) is 0 Å². The standard InChI is InChI=1S/C11H19N5O2/c1-18-5-4-12-6-10-8-16(15-14-10)7-9-2-3-11(17)13-9/h8-9,12H,2-7H2,1H3,(H,13,17). The van der Waals surface area contributed by atoms with Crippen LogP contribution < -0.4 is 10.6 Å². The molecule has 1 amide bonds. The van der Waals surface area contributed by atoms with Crippen LogP contribution in [0.15, 0.2) is 6.20 Å². The number of hydrogen-bond acceptors (Lipinski definition) is 5. The Morgan fingerprint density at radius 1 is 1.67 bits per heavy atom. The van der Waals surface area contributed by atoms with E-state index in [0.717, 1.165) is 18.7 Å². The van der Waals surface area contributed by atoms with Crippen LogP contribution >= 0.6 is 0 Å². The Morgan fingerprint density at radius 3 is 3.28 bits per heavy atom. The topological polar surface area (TPSA) is 81.1 Å². The van der Waals surface area contributed by atoms with Crippen LogP contribution in [0.25, 0.3) is 0 Å². The molecule has 0 radical (unpaired) electrons. The van der Waals surface area contributed by atoms with Gasteiger partial charge in [-0.05, 0) is 6.42 Å². The second-order valence-corrected chi connectivity index (χ2v) is 4.40. The lowest BCUT2D eigenvalue weighted by atomic mass is 10.2. The maximum atomic E-state index is 11.1. The van der Waals surface area contributed by atoms with Gasteiger partial charge in [-0.2, -0.15) is 0 Å². The normalized spacial score (nSPS) is 19.2. The van der Waals surface area contributed by atoms with Gasteiger partial charge in [-0.3, -0.25) is 9.48 Å². The first-order chi connectivity index (χ1) is 8.78. The number of ether oxygens (including phenoxy) is 1. The summed E-state index contributed by atoms with van der Waals surface area (Å²) in [6, 6.07) is 0.188. The minimum atomic E-state index is 0.126. The summed E-state index contributed by atoms with van der Waals surface area (Å²) in [4.78, 5) is 11.1. The molecule has 0 saturated carbocycles. The third-order valence-corrected chi connectivity index (χ3v) is 2.87. The van der Waals surface area contributed by atoms with E-state index in [9.17, 15) is 4.79 Å². The lowest BCUT2D eigenvalue weighted by molar-refractivity contribution is -0.119. The largest absolute Gasteiger partial charge is 0.383 e. The molecule has 100 valence electrons. The molecule has 2 rings (SSSR count). The van der Waals surface area contributed by atoms with Crippen LogP contribution in [-0.2, 0) is 22.6 Å². The van der Waals surface area contributed by atoms with Crippen LogP contribution in [0.2, 0.25) is 0 Å². The van der Waals surface area contributed by atoms with Gasteiger partial charge in [0.05, 0.1) is 18.8 Å². The summed E-state index contributed by atoms with van der Waals surface area (Å²) in [6.45, 7) is 2.85. The van der Waals surface area contributed by atoms with Crippen molar-refractivity contribution < 1.29 is 9.53 Å². The Bertz CT molecular complexity index is 393. The Morgan fingerprint density at radius 2 is 2.56 bits per heavy atom. The zero-order valence-corrected chi connectivity index (χ0v) is 10.6. The molecular weight excluding hydrogens is 234 g/mol. The molecule has 0 aliphatic carbocycles. The van der Waals surface area contributed by atoms with Crippen molar-refractivity contribution in [2.75, 3.05) is 20.3 Å². The van der Waals surface area contributed by atoms with E-state index in [2.05, 4.69) is 20.9 Å². The molecule has 1 fully saturated rings. The maximum absolute atomic E-state index is 11.1. The molecule has 1 aliphatic rings. The second-order valence-electron chi connectivity index (χ2n) is 4.40. The van der Waals surface area contributed by atoms with Gasteiger partial charge < -0.3 is 15.4 Å². The quantitative estimate of drug-likeness (QED) is 0.628. The van der Waals surface area contributed by atoms with Gasteiger partial charge in [0.25, 0.3) is 0 Å². The van der Waals surface area contributed by atoms with Gasteiger partial charge in [-0.1, -0.05) is 5.21 Å². The summed E-state index contributed by atoms with van der Waals surface area (Å²) >= 11 is 0. The fourth-order valence-electron chi connectivity index (χ4n) is 1.94. The van der Waals surface area contributed by atoms with Crippen molar-refractivity contribution in [3.8, 4) is 0 Å². The molecule has 1 atom stereocenters. The summed E-state index contributed by atoms with van der Waals surface area (Å²) in [5, 5.41) is 14.2. The molecule has 7 heteroatoms. The summed E-state index contributed by atoms with van der Waals surface area (Å²) in [6.07, 6.45) is 3.40. The van der Waals surface area contributed by atoms with E-state index >= 15 is 0 Å². The van der Waals surface area contributed by atoms with Crippen LogP contribution in [0.1, 0.15) is 18.5 Å². The number of nitrogens with zero attached hydrogens (tertiary/aromatic N) is 3. The van der Waals surface area contributed by atoms with Crippen molar-refractivity contribution in [1.29, 1.82) is 0 Å². The van der Waals surface area contributed by atoms with Gasteiger partial charge in [0, 0.05) is 38.9 Å². The van der Waals surface area contributed by atoms with E-state index < -0.39 is 0 Å². The average Bonchev–Trinajstić information content (AvgIpc) is 2.95. The molecule has 1 unspecified atom stereocenters. The lowest BCUT2D eigenvalue weighted by Gasteiger charge is -2.08. The van der Waals surface area contributed by atoms with Crippen LogP contribution in [0, 0.1) is 0 Å². The highest BCUT2D eigenvalue weighted by atomic mass is 16.5. The molecule has 0 spiro atoms. The molecule has 2 heterocycles. The fraction of sp³-hybridized carbons (Fsp3) is 0.727. The number of carbonyl (C=O) groups is 1. The van der Waals surface area contributed by atoms with Crippen molar-refractivity contribution in [3.63, 3.8) is 0 Å². The molecule has 2 N–H and O–H groups in total. The van der Waals surface area contributed by atoms with Crippen molar-refractivity contribution in [3.05, 3.63) is 11.9 Å². The van der Waals surface area contributed by atoms with Crippen molar-refractivity contribution >= 4 is 5.91 Å². The summed E-state index contributed by atoms with van der Waals surface area (Å²) in [7, 11) is 1.67. The smallest absolute Gasteiger partial charge is 0.220 e.